The van der Waals surface area contributed by atoms with Gasteiger partial charge in [-0.1, -0.05) is 0 Å². The Morgan fingerprint density at radius 3 is 2.47 bits per heavy atom. The van der Waals surface area contributed by atoms with Crippen molar-refractivity contribution in [3.05, 3.63) is 23.8 Å². The van der Waals surface area contributed by atoms with Crippen molar-refractivity contribution in [1.82, 2.24) is 0 Å². The molecule has 0 spiro atoms. The molecule has 0 saturated carbocycles. The highest BCUT2D eigenvalue weighted by Crippen LogP contribution is 2.25. The molecule has 1 aromatic rings. The first-order valence-electron chi connectivity index (χ1n) is 5.19. The first-order chi connectivity index (χ1) is 8.90. The van der Waals surface area contributed by atoms with Crippen LogP contribution in [0.2, 0.25) is 0 Å². The lowest BCUT2D eigenvalue weighted by Gasteiger charge is -2.10. The molecule has 0 N–H and O–H groups in total. The molecule has 0 bridgehead atoms. The number of esters is 1. The molecule has 0 radical (unpaired) electrons. The third kappa shape index (κ3) is 4.38. The summed E-state index contributed by atoms with van der Waals surface area (Å²) in [6.07, 6.45) is 0. The number of hydrogen-bond acceptors (Lipinski definition) is 6. The maximum absolute atomic E-state index is 11.6. The minimum Gasteiger partial charge on any atom is -0.490 e. The Hall–Kier alpha value is -1.31. The molecule has 0 aliphatic heterocycles. The fourth-order valence-corrected chi connectivity index (χ4v) is 2.07. The Morgan fingerprint density at radius 2 is 1.95 bits per heavy atom. The van der Waals surface area contributed by atoms with Crippen molar-refractivity contribution in [3.8, 4) is 5.75 Å². The van der Waals surface area contributed by atoms with E-state index in [9.17, 15) is 13.2 Å². The Balaban J connectivity index is 3.14. The largest absolute Gasteiger partial charge is 0.490 e. The van der Waals surface area contributed by atoms with Crippen molar-refractivity contribution in [2.45, 2.75) is 4.90 Å². The summed E-state index contributed by atoms with van der Waals surface area (Å²) >= 11 is 0. The molecule has 0 heterocycles. The fourth-order valence-electron chi connectivity index (χ4n) is 1.29. The standard InChI is InChI=1S/C11H13ClO6S/c1-16-5-6-18-10-4-3-8(19(12,14)15)7-9(10)11(13)17-2/h3-4,7H,5-6H2,1-2H3. The van der Waals surface area contributed by atoms with Gasteiger partial charge >= 0.3 is 5.97 Å². The Labute approximate surface area is 115 Å². The van der Waals surface area contributed by atoms with Gasteiger partial charge < -0.3 is 14.2 Å². The molecule has 0 saturated heterocycles. The Morgan fingerprint density at radius 1 is 1.26 bits per heavy atom. The molecule has 1 aromatic carbocycles. The number of hydrogen-bond donors (Lipinski definition) is 0. The molecule has 0 amide bonds. The van der Waals surface area contributed by atoms with E-state index in [-0.39, 0.29) is 22.8 Å². The van der Waals surface area contributed by atoms with E-state index in [2.05, 4.69) is 4.74 Å². The summed E-state index contributed by atoms with van der Waals surface area (Å²) in [5.74, 6) is -0.512. The summed E-state index contributed by atoms with van der Waals surface area (Å²) in [6.45, 7) is 0.545. The van der Waals surface area contributed by atoms with Crippen LogP contribution in [0, 0.1) is 0 Å². The normalized spacial score (nSPS) is 11.1. The zero-order chi connectivity index (χ0) is 14.5. The van der Waals surface area contributed by atoms with E-state index < -0.39 is 15.0 Å². The van der Waals surface area contributed by atoms with Gasteiger partial charge in [0.25, 0.3) is 9.05 Å². The predicted molar refractivity (Wildman–Crippen MR) is 68.2 cm³/mol. The first-order valence-corrected chi connectivity index (χ1v) is 7.50. The Bertz CT molecular complexity index is 554. The summed E-state index contributed by atoms with van der Waals surface area (Å²) in [7, 11) is 3.98. The van der Waals surface area contributed by atoms with Crippen LogP contribution in [0.25, 0.3) is 0 Å². The van der Waals surface area contributed by atoms with E-state index in [4.69, 9.17) is 20.2 Å². The maximum Gasteiger partial charge on any atom is 0.341 e. The molecule has 0 aliphatic rings. The topological polar surface area (TPSA) is 78.9 Å². The number of rotatable bonds is 6. The van der Waals surface area contributed by atoms with E-state index in [0.29, 0.717) is 6.61 Å². The van der Waals surface area contributed by atoms with Crippen LogP contribution in [-0.2, 0) is 18.5 Å². The second kappa shape index (κ2) is 6.74. The smallest absolute Gasteiger partial charge is 0.341 e. The fraction of sp³-hybridized carbons (Fsp3) is 0.364. The number of halogens is 1. The first kappa shape index (κ1) is 15.7. The third-order valence-electron chi connectivity index (χ3n) is 2.18. The molecule has 0 unspecified atom stereocenters. The van der Waals surface area contributed by atoms with Crippen molar-refractivity contribution in [1.29, 1.82) is 0 Å². The van der Waals surface area contributed by atoms with Gasteiger partial charge in [0, 0.05) is 17.8 Å². The molecule has 8 heteroatoms. The highest BCUT2D eigenvalue weighted by molar-refractivity contribution is 8.13. The van der Waals surface area contributed by atoms with E-state index in [1.54, 1.807) is 0 Å². The van der Waals surface area contributed by atoms with E-state index >= 15 is 0 Å². The summed E-state index contributed by atoms with van der Waals surface area (Å²) in [5, 5.41) is 0. The molecule has 19 heavy (non-hydrogen) atoms. The Kier molecular flexibility index (Phi) is 5.59. The number of methoxy groups -OCH3 is 2. The molecule has 106 valence electrons. The van der Waals surface area contributed by atoms with Gasteiger partial charge in [0.05, 0.1) is 18.6 Å². The number of benzene rings is 1. The van der Waals surface area contributed by atoms with Crippen LogP contribution in [0.1, 0.15) is 10.4 Å². The van der Waals surface area contributed by atoms with Gasteiger partial charge in [-0.15, -0.1) is 0 Å². The lowest BCUT2D eigenvalue weighted by molar-refractivity contribution is 0.0593. The summed E-state index contributed by atoms with van der Waals surface area (Å²) in [4.78, 5) is 11.4. The number of carbonyl (C=O) groups is 1. The van der Waals surface area contributed by atoms with Gasteiger partial charge in [-0.3, -0.25) is 0 Å². The van der Waals surface area contributed by atoms with Gasteiger partial charge in [-0.25, -0.2) is 13.2 Å². The van der Waals surface area contributed by atoms with E-state index in [1.807, 2.05) is 0 Å². The highest BCUT2D eigenvalue weighted by Gasteiger charge is 2.18. The van der Waals surface area contributed by atoms with Crippen LogP contribution in [0.5, 0.6) is 5.75 Å². The SMILES string of the molecule is COCCOc1ccc(S(=O)(=O)Cl)cc1C(=O)OC. The van der Waals surface area contributed by atoms with E-state index in [0.717, 1.165) is 6.07 Å². The van der Waals surface area contributed by atoms with Crippen LogP contribution >= 0.6 is 10.7 Å². The molecule has 1 rings (SSSR count). The van der Waals surface area contributed by atoms with Crippen molar-refractivity contribution in [3.63, 3.8) is 0 Å². The van der Waals surface area contributed by atoms with Gasteiger partial charge in [0.2, 0.25) is 0 Å². The van der Waals surface area contributed by atoms with Crippen molar-refractivity contribution in [2.75, 3.05) is 27.4 Å². The van der Waals surface area contributed by atoms with Gasteiger partial charge in [0.15, 0.2) is 0 Å². The lowest BCUT2D eigenvalue weighted by Crippen LogP contribution is -2.10. The van der Waals surface area contributed by atoms with Crippen LogP contribution in [-0.4, -0.2) is 41.8 Å². The number of carbonyl (C=O) groups excluding carboxylic acids is 1. The molecule has 0 aromatic heterocycles. The van der Waals surface area contributed by atoms with Gasteiger partial charge in [0.1, 0.15) is 17.9 Å². The van der Waals surface area contributed by atoms with Gasteiger partial charge in [-0.2, -0.15) is 0 Å². The second-order valence-electron chi connectivity index (χ2n) is 3.43. The van der Waals surface area contributed by atoms with Crippen LogP contribution in [0.15, 0.2) is 23.1 Å². The monoisotopic (exact) mass is 308 g/mol. The summed E-state index contributed by atoms with van der Waals surface area (Å²) < 4.78 is 37.1. The molecule has 0 aliphatic carbocycles. The van der Waals surface area contributed by atoms with Crippen LogP contribution in [0.3, 0.4) is 0 Å². The molecular weight excluding hydrogens is 296 g/mol. The van der Waals surface area contributed by atoms with Crippen LogP contribution in [0.4, 0.5) is 0 Å². The quantitative estimate of drug-likeness (QED) is 0.449. The zero-order valence-corrected chi connectivity index (χ0v) is 12.0. The maximum atomic E-state index is 11.6. The third-order valence-corrected chi connectivity index (χ3v) is 3.53. The lowest BCUT2D eigenvalue weighted by atomic mass is 10.2. The average Bonchev–Trinajstić information content (AvgIpc) is 2.37. The average molecular weight is 309 g/mol. The summed E-state index contributed by atoms with van der Waals surface area (Å²) in [6, 6.07) is 3.70. The predicted octanol–water partition coefficient (Wildman–Crippen LogP) is 1.43. The second-order valence-corrected chi connectivity index (χ2v) is 5.99. The summed E-state index contributed by atoms with van der Waals surface area (Å²) in [5.41, 5.74) is -0.0136. The highest BCUT2D eigenvalue weighted by atomic mass is 35.7. The van der Waals surface area contributed by atoms with Crippen molar-refractivity contribution in [2.24, 2.45) is 0 Å². The molecule has 6 nitrogen and oxygen atoms in total. The van der Waals surface area contributed by atoms with Crippen molar-refractivity contribution >= 4 is 25.7 Å². The number of ether oxygens (including phenoxy) is 3. The minimum atomic E-state index is -3.92. The van der Waals surface area contributed by atoms with E-state index in [1.165, 1.54) is 26.4 Å². The molecular formula is C11H13ClO6S. The van der Waals surface area contributed by atoms with Crippen molar-refractivity contribution < 1.29 is 27.4 Å². The van der Waals surface area contributed by atoms with Crippen LogP contribution < -0.4 is 4.74 Å². The molecule has 0 fully saturated rings. The zero-order valence-electron chi connectivity index (χ0n) is 10.4. The van der Waals surface area contributed by atoms with Gasteiger partial charge in [-0.05, 0) is 18.2 Å². The molecule has 0 atom stereocenters. The minimum absolute atomic E-state index is 0.0136.